The Balaban J connectivity index is 1.62. The van der Waals surface area contributed by atoms with Crippen molar-refractivity contribution < 1.29 is 8.91 Å². The molecule has 118 valence electrons. The van der Waals surface area contributed by atoms with Crippen LogP contribution in [0.5, 0.6) is 0 Å². The highest BCUT2D eigenvalue weighted by molar-refractivity contribution is 5.25. The fourth-order valence-electron chi connectivity index (χ4n) is 2.76. The number of hydrogen-bond acceptors (Lipinski definition) is 6. The molecule has 1 aliphatic rings. The number of nitrogens with one attached hydrogen (secondary N) is 1. The van der Waals surface area contributed by atoms with Crippen molar-refractivity contribution in [2.75, 3.05) is 18.4 Å². The second-order valence-corrected chi connectivity index (χ2v) is 5.73. The zero-order valence-electron chi connectivity index (χ0n) is 12.8. The molecule has 3 heterocycles. The predicted molar refractivity (Wildman–Crippen MR) is 80.2 cm³/mol. The maximum Gasteiger partial charge on any atom is 0.222 e. The lowest BCUT2D eigenvalue weighted by molar-refractivity contribution is 0.240. The van der Waals surface area contributed by atoms with E-state index in [0.29, 0.717) is 32.0 Å². The number of aryl methyl sites for hydroxylation is 2. The van der Waals surface area contributed by atoms with Crippen LogP contribution in [0.2, 0.25) is 0 Å². The third kappa shape index (κ3) is 3.41. The summed E-state index contributed by atoms with van der Waals surface area (Å²) in [6.45, 7) is 5.50. The maximum atomic E-state index is 13.8. The van der Waals surface area contributed by atoms with E-state index in [1.807, 2.05) is 19.9 Å². The summed E-state index contributed by atoms with van der Waals surface area (Å²) in [5.41, 5.74) is 1.91. The fourth-order valence-corrected chi connectivity index (χ4v) is 2.76. The molecule has 7 heteroatoms. The molecule has 0 bridgehead atoms. The lowest BCUT2D eigenvalue weighted by Crippen LogP contribution is -2.34. The Kier molecular flexibility index (Phi) is 4.33. The molecular weight excluding hydrogens is 285 g/mol. The van der Waals surface area contributed by atoms with Crippen LogP contribution in [0, 0.1) is 13.8 Å². The van der Waals surface area contributed by atoms with E-state index in [-0.39, 0.29) is 6.04 Å². The van der Waals surface area contributed by atoms with Gasteiger partial charge in [0.05, 0.1) is 6.20 Å². The van der Waals surface area contributed by atoms with E-state index in [1.54, 1.807) is 12.4 Å². The first-order chi connectivity index (χ1) is 10.6. The summed E-state index contributed by atoms with van der Waals surface area (Å²) in [4.78, 5) is 10.6. The molecule has 6 nitrogen and oxygen atoms in total. The van der Waals surface area contributed by atoms with Crippen LogP contribution < -0.4 is 5.32 Å². The van der Waals surface area contributed by atoms with Crippen LogP contribution in [-0.2, 0) is 6.54 Å². The van der Waals surface area contributed by atoms with Crippen LogP contribution in [0.4, 0.5) is 10.3 Å². The number of alkyl halides is 1. The van der Waals surface area contributed by atoms with Crippen molar-refractivity contribution >= 4 is 5.95 Å². The van der Waals surface area contributed by atoms with Crippen LogP contribution in [0.25, 0.3) is 0 Å². The first-order valence-electron chi connectivity index (χ1n) is 7.43. The Morgan fingerprint density at radius 2 is 2.32 bits per heavy atom. The van der Waals surface area contributed by atoms with E-state index in [9.17, 15) is 4.39 Å². The molecule has 0 spiro atoms. The van der Waals surface area contributed by atoms with Gasteiger partial charge < -0.3 is 9.84 Å². The van der Waals surface area contributed by atoms with Crippen LogP contribution in [0.15, 0.2) is 23.0 Å². The minimum Gasteiger partial charge on any atom is -0.361 e. The van der Waals surface area contributed by atoms with Crippen molar-refractivity contribution in [1.29, 1.82) is 0 Å². The number of hydrogen-bond donors (Lipinski definition) is 1. The smallest absolute Gasteiger partial charge is 0.222 e. The number of rotatable bonds is 5. The molecule has 0 radical (unpaired) electrons. The van der Waals surface area contributed by atoms with Gasteiger partial charge in [-0.25, -0.2) is 14.4 Å². The molecule has 2 atom stereocenters. The zero-order valence-corrected chi connectivity index (χ0v) is 12.8. The van der Waals surface area contributed by atoms with Gasteiger partial charge in [-0.05, 0) is 26.3 Å². The minimum atomic E-state index is -0.801. The van der Waals surface area contributed by atoms with E-state index in [1.165, 1.54) is 0 Å². The van der Waals surface area contributed by atoms with Crippen molar-refractivity contribution in [3.8, 4) is 0 Å². The molecule has 0 aromatic carbocycles. The average molecular weight is 305 g/mol. The van der Waals surface area contributed by atoms with Gasteiger partial charge in [0.2, 0.25) is 5.95 Å². The number of likely N-dealkylation sites (tertiary alicyclic amines) is 1. The molecule has 3 rings (SSSR count). The molecule has 1 aliphatic heterocycles. The van der Waals surface area contributed by atoms with Gasteiger partial charge in [0.25, 0.3) is 0 Å². The summed E-state index contributed by atoms with van der Waals surface area (Å²) in [7, 11) is 0. The minimum absolute atomic E-state index is 0.105. The van der Waals surface area contributed by atoms with E-state index in [4.69, 9.17) is 4.52 Å². The first kappa shape index (κ1) is 14.9. The molecular formula is C15H20FN5O. The number of aromatic nitrogens is 3. The van der Waals surface area contributed by atoms with Gasteiger partial charge in [0.15, 0.2) is 0 Å². The second-order valence-electron chi connectivity index (χ2n) is 5.73. The van der Waals surface area contributed by atoms with E-state index >= 15 is 0 Å². The highest BCUT2D eigenvalue weighted by atomic mass is 19.1. The van der Waals surface area contributed by atoms with Crippen LogP contribution in [0.1, 0.15) is 23.4 Å². The summed E-state index contributed by atoms with van der Waals surface area (Å²) in [6.07, 6.45) is 3.14. The summed E-state index contributed by atoms with van der Waals surface area (Å²) >= 11 is 0. The van der Waals surface area contributed by atoms with E-state index in [0.717, 1.165) is 17.0 Å². The molecule has 1 N–H and O–H groups in total. The summed E-state index contributed by atoms with van der Waals surface area (Å²) in [5, 5.41) is 6.98. The van der Waals surface area contributed by atoms with Gasteiger partial charge in [-0.1, -0.05) is 5.16 Å². The third-order valence-electron chi connectivity index (χ3n) is 3.99. The van der Waals surface area contributed by atoms with Crippen LogP contribution in [-0.4, -0.2) is 45.3 Å². The van der Waals surface area contributed by atoms with Crippen LogP contribution >= 0.6 is 0 Å². The molecule has 0 unspecified atom stereocenters. The molecule has 0 saturated carbocycles. The molecule has 2 aromatic rings. The third-order valence-corrected chi connectivity index (χ3v) is 3.99. The Hall–Kier alpha value is -2.02. The number of nitrogens with zero attached hydrogens (tertiary/aromatic N) is 4. The maximum absolute atomic E-state index is 13.8. The van der Waals surface area contributed by atoms with Crippen molar-refractivity contribution in [2.45, 2.75) is 39.0 Å². The Labute approximate surface area is 128 Å². The highest BCUT2D eigenvalue weighted by Crippen LogP contribution is 2.23. The summed E-state index contributed by atoms with van der Waals surface area (Å²) < 4.78 is 18.9. The summed E-state index contributed by atoms with van der Waals surface area (Å²) in [5.74, 6) is 1.37. The number of halogens is 1. The van der Waals surface area contributed by atoms with E-state index < -0.39 is 6.17 Å². The van der Waals surface area contributed by atoms with Crippen molar-refractivity contribution in [3.63, 3.8) is 0 Å². The second kappa shape index (κ2) is 6.39. The molecule has 1 saturated heterocycles. The Morgan fingerprint density at radius 3 is 3.05 bits per heavy atom. The SMILES string of the molecule is Cc1ccnc(NC[C@@H]2C[C@H](F)CN2Cc2cnoc2C)n1. The Morgan fingerprint density at radius 1 is 1.45 bits per heavy atom. The largest absolute Gasteiger partial charge is 0.361 e. The fraction of sp³-hybridized carbons (Fsp3) is 0.533. The van der Waals surface area contributed by atoms with Crippen molar-refractivity contribution in [1.82, 2.24) is 20.0 Å². The molecule has 22 heavy (non-hydrogen) atoms. The predicted octanol–water partition coefficient (Wildman–Crippen LogP) is 2.11. The van der Waals surface area contributed by atoms with E-state index in [2.05, 4.69) is 25.3 Å². The topological polar surface area (TPSA) is 67.1 Å². The van der Waals surface area contributed by atoms with Gasteiger partial charge >= 0.3 is 0 Å². The van der Waals surface area contributed by atoms with Crippen molar-refractivity contribution in [3.05, 3.63) is 35.5 Å². The number of anilines is 1. The lowest BCUT2D eigenvalue weighted by atomic mass is 10.2. The standard InChI is InChI=1S/C15H20FN5O/c1-10-3-4-17-15(20-10)18-7-14-5-13(16)9-21(14)8-12-6-19-22-11(12)2/h3-4,6,13-14H,5,7-9H2,1-2H3,(H,17,18,20)/t13-,14-/m0/s1. The molecule has 0 amide bonds. The lowest BCUT2D eigenvalue weighted by Gasteiger charge is -2.23. The van der Waals surface area contributed by atoms with Gasteiger partial charge in [-0.2, -0.15) is 0 Å². The monoisotopic (exact) mass is 305 g/mol. The summed E-state index contributed by atoms with van der Waals surface area (Å²) in [6, 6.07) is 1.95. The quantitative estimate of drug-likeness (QED) is 0.912. The van der Waals surface area contributed by atoms with Crippen LogP contribution in [0.3, 0.4) is 0 Å². The Bertz CT molecular complexity index is 632. The molecule has 1 fully saturated rings. The molecule has 0 aliphatic carbocycles. The first-order valence-corrected chi connectivity index (χ1v) is 7.43. The zero-order chi connectivity index (χ0) is 15.5. The molecule has 2 aromatic heterocycles. The normalized spacial score (nSPS) is 22.1. The highest BCUT2D eigenvalue weighted by Gasteiger charge is 2.32. The van der Waals surface area contributed by atoms with Crippen molar-refractivity contribution in [2.24, 2.45) is 0 Å². The average Bonchev–Trinajstić information content (AvgIpc) is 3.04. The van der Waals surface area contributed by atoms with Gasteiger partial charge in [0, 0.05) is 43.1 Å². The van der Waals surface area contributed by atoms with Gasteiger partial charge in [0.1, 0.15) is 11.9 Å². The van der Waals surface area contributed by atoms with Gasteiger partial charge in [-0.15, -0.1) is 0 Å². The van der Waals surface area contributed by atoms with Gasteiger partial charge in [-0.3, -0.25) is 4.90 Å².